The van der Waals surface area contributed by atoms with Crippen LogP contribution >= 0.6 is 0 Å². The number of methoxy groups -OCH3 is 1. The molecule has 1 aromatic carbocycles. The minimum Gasteiger partial charge on any atom is -0.496 e. The van der Waals surface area contributed by atoms with E-state index < -0.39 is 5.97 Å². The Labute approximate surface area is 122 Å². The predicted octanol–water partition coefficient (Wildman–Crippen LogP) is 2.52. The number of hydrogen-bond acceptors (Lipinski definition) is 4. The van der Waals surface area contributed by atoms with Crippen molar-refractivity contribution in [3.05, 3.63) is 40.2 Å². The molecule has 21 heavy (non-hydrogen) atoms. The number of esters is 1. The molecule has 5 heteroatoms. The van der Waals surface area contributed by atoms with Gasteiger partial charge in [0.1, 0.15) is 11.3 Å². The summed E-state index contributed by atoms with van der Waals surface area (Å²) in [5.74, 6) is -0.0947. The van der Waals surface area contributed by atoms with Crippen LogP contribution in [0.5, 0.6) is 5.75 Å². The molecule has 0 saturated heterocycles. The number of pyridine rings is 1. The predicted molar refractivity (Wildman–Crippen MR) is 79.0 cm³/mol. The van der Waals surface area contributed by atoms with Crippen LogP contribution in [0, 0.1) is 0 Å². The fourth-order valence-electron chi connectivity index (χ4n) is 2.54. The number of ether oxygens (including phenoxy) is 2. The Morgan fingerprint density at radius 3 is 2.76 bits per heavy atom. The number of hydrogen-bond donors (Lipinski definition) is 0. The zero-order valence-corrected chi connectivity index (χ0v) is 12.1. The third-order valence-electron chi connectivity index (χ3n) is 3.68. The van der Waals surface area contributed by atoms with E-state index in [1.165, 1.54) is 7.11 Å². The summed E-state index contributed by atoms with van der Waals surface area (Å²) in [6, 6.07) is 5.81. The number of fused-ring (bicyclic) bond motifs is 1. The largest absolute Gasteiger partial charge is 0.496 e. The monoisotopic (exact) mass is 287 g/mol. The highest BCUT2D eigenvalue weighted by atomic mass is 16.5. The van der Waals surface area contributed by atoms with Crippen molar-refractivity contribution in [2.75, 3.05) is 13.7 Å². The average Bonchev–Trinajstić information content (AvgIpc) is 3.32. The van der Waals surface area contributed by atoms with Crippen LogP contribution in [0.4, 0.5) is 0 Å². The molecule has 1 heterocycles. The lowest BCUT2D eigenvalue weighted by molar-refractivity contribution is 0.0524. The van der Waals surface area contributed by atoms with Crippen molar-refractivity contribution >= 4 is 16.9 Å². The van der Waals surface area contributed by atoms with Crippen LogP contribution in [0.2, 0.25) is 0 Å². The molecule has 2 aromatic rings. The van der Waals surface area contributed by atoms with E-state index in [2.05, 4.69) is 0 Å². The van der Waals surface area contributed by atoms with Gasteiger partial charge in [0.25, 0.3) is 0 Å². The normalized spacial score (nSPS) is 14.2. The minimum atomic E-state index is -0.579. The number of carbonyl (C=O) groups is 1. The number of rotatable bonds is 4. The maximum Gasteiger partial charge on any atom is 0.343 e. The van der Waals surface area contributed by atoms with E-state index >= 15 is 0 Å². The Hall–Kier alpha value is -2.30. The minimum absolute atomic E-state index is 0.0701. The van der Waals surface area contributed by atoms with Crippen LogP contribution in [0.15, 0.2) is 29.2 Å². The van der Waals surface area contributed by atoms with Gasteiger partial charge in [-0.3, -0.25) is 4.79 Å². The number of benzene rings is 1. The van der Waals surface area contributed by atoms with Crippen LogP contribution in [0.25, 0.3) is 10.9 Å². The summed E-state index contributed by atoms with van der Waals surface area (Å²) >= 11 is 0. The van der Waals surface area contributed by atoms with E-state index in [9.17, 15) is 9.59 Å². The second kappa shape index (κ2) is 5.24. The molecule has 0 radical (unpaired) electrons. The van der Waals surface area contributed by atoms with E-state index in [4.69, 9.17) is 9.47 Å². The molecular weight excluding hydrogens is 270 g/mol. The summed E-state index contributed by atoms with van der Waals surface area (Å²) in [5, 5.41) is 0.442. The molecule has 1 aliphatic rings. The van der Waals surface area contributed by atoms with E-state index in [1.807, 2.05) is 16.7 Å². The molecule has 0 N–H and O–H groups in total. The first-order valence-electron chi connectivity index (χ1n) is 7.06. The van der Waals surface area contributed by atoms with Crippen molar-refractivity contribution in [1.29, 1.82) is 0 Å². The van der Waals surface area contributed by atoms with Gasteiger partial charge in [0.2, 0.25) is 5.43 Å². The summed E-state index contributed by atoms with van der Waals surface area (Å²) in [5.41, 5.74) is 0.536. The van der Waals surface area contributed by atoms with Gasteiger partial charge in [0.15, 0.2) is 0 Å². The van der Waals surface area contributed by atoms with Gasteiger partial charge in [0.05, 0.1) is 24.6 Å². The molecule has 1 saturated carbocycles. The van der Waals surface area contributed by atoms with Crippen LogP contribution in [0.1, 0.15) is 36.2 Å². The van der Waals surface area contributed by atoms with Crippen molar-refractivity contribution in [3.63, 3.8) is 0 Å². The summed E-state index contributed by atoms with van der Waals surface area (Å²) in [6.07, 6.45) is 3.73. The SMILES string of the molecule is CCOC(=O)c1cn(C2CC2)c2cccc(OC)c2c1=O. The van der Waals surface area contributed by atoms with Gasteiger partial charge in [-0.2, -0.15) is 0 Å². The Morgan fingerprint density at radius 2 is 2.14 bits per heavy atom. The number of aromatic nitrogens is 1. The number of nitrogens with zero attached hydrogens (tertiary/aromatic N) is 1. The lowest BCUT2D eigenvalue weighted by atomic mass is 10.1. The van der Waals surface area contributed by atoms with E-state index in [0.717, 1.165) is 18.4 Å². The third-order valence-corrected chi connectivity index (χ3v) is 3.68. The van der Waals surface area contributed by atoms with E-state index in [-0.39, 0.29) is 17.6 Å². The second-order valence-electron chi connectivity index (χ2n) is 5.09. The van der Waals surface area contributed by atoms with Crippen molar-refractivity contribution in [3.8, 4) is 5.75 Å². The molecule has 0 aliphatic heterocycles. The van der Waals surface area contributed by atoms with Crippen LogP contribution in [-0.4, -0.2) is 24.3 Å². The molecule has 0 spiro atoms. The maximum absolute atomic E-state index is 12.6. The molecule has 3 rings (SSSR count). The maximum atomic E-state index is 12.6. The Bertz CT molecular complexity index is 759. The summed E-state index contributed by atoms with van der Waals surface area (Å²) in [6.45, 7) is 1.96. The molecule has 1 aromatic heterocycles. The highest BCUT2D eigenvalue weighted by Crippen LogP contribution is 2.38. The molecule has 0 atom stereocenters. The second-order valence-corrected chi connectivity index (χ2v) is 5.09. The molecule has 5 nitrogen and oxygen atoms in total. The molecule has 0 unspecified atom stereocenters. The molecule has 1 aliphatic carbocycles. The first-order chi connectivity index (χ1) is 10.2. The zero-order valence-electron chi connectivity index (χ0n) is 12.1. The van der Waals surface area contributed by atoms with Crippen LogP contribution in [-0.2, 0) is 4.74 Å². The van der Waals surface area contributed by atoms with Gasteiger partial charge < -0.3 is 14.0 Å². The van der Waals surface area contributed by atoms with Gasteiger partial charge in [0, 0.05) is 12.2 Å². The van der Waals surface area contributed by atoms with Gasteiger partial charge in [-0.05, 0) is 31.9 Å². The van der Waals surface area contributed by atoms with Crippen molar-refractivity contribution in [1.82, 2.24) is 4.57 Å². The zero-order chi connectivity index (χ0) is 15.0. The van der Waals surface area contributed by atoms with E-state index in [1.54, 1.807) is 19.2 Å². The molecule has 110 valence electrons. The van der Waals surface area contributed by atoms with Crippen molar-refractivity contribution < 1.29 is 14.3 Å². The van der Waals surface area contributed by atoms with Gasteiger partial charge in [-0.25, -0.2) is 4.79 Å². The van der Waals surface area contributed by atoms with E-state index in [0.29, 0.717) is 17.2 Å². The third kappa shape index (κ3) is 2.28. The number of carbonyl (C=O) groups excluding carboxylic acids is 1. The fourth-order valence-corrected chi connectivity index (χ4v) is 2.54. The van der Waals surface area contributed by atoms with Crippen LogP contribution in [0.3, 0.4) is 0 Å². The first kappa shape index (κ1) is 13.7. The smallest absolute Gasteiger partial charge is 0.343 e. The topological polar surface area (TPSA) is 57.5 Å². The summed E-state index contributed by atoms with van der Waals surface area (Å²) in [7, 11) is 1.52. The molecule has 1 fully saturated rings. The lowest BCUT2D eigenvalue weighted by Crippen LogP contribution is -2.21. The average molecular weight is 287 g/mol. The highest BCUT2D eigenvalue weighted by molar-refractivity contribution is 5.95. The molecule has 0 amide bonds. The van der Waals surface area contributed by atoms with Crippen molar-refractivity contribution in [2.45, 2.75) is 25.8 Å². The Balaban J connectivity index is 2.32. The lowest BCUT2D eigenvalue weighted by Gasteiger charge is -2.14. The standard InChI is InChI=1S/C16H17NO4/c1-3-21-16(19)11-9-17(10-7-8-10)12-5-4-6-13(20-2)14(12)15(11)18/h4-6,9-10H,3,7-8H2,1-2H3. The quantitative estimate of drug-likeness (QED) is 0.811. The van der Waals surface area contributed by atoms with Gasteiger partial charge in [-0.15, -0.1) is 0 Å². The van der Waals surface area contributed by atoms with Gasteiger partial charge >= 0.3 is 5.97 Å². The summed E-state index contributed by atoms with van der Waals surface area (Å²) < 4.78 is 12.3. The van der Waals surface area contributed by atoms with Crippen molar-refractivity contribution in [2.24, 2.45) is 0 Å². The Morgan fingerprint density at radius 1 is 1.38 bits per heavy atom. The molecular formula is C16H17NO4. The fraction of sp³-hybridized carbons (Fsp3) is 0.375. The molecule has 0 bridgehead atoms. The Kier molecular flexibility index (Phi) is 3.41. The van der Waals surface area contributed by atoms with Crippen LogP contribution < -0.4 is 10.2 Å². The first-order valence-corrected chi connectivity index (χ1v) is 7.06. The van der Waals surface area contributed by atoms with Gasteiger partial charge in [-0.1, -0.05) is 6.07 Å². The summed E-state index contributed by atoms with van der Waals surface area (Å²) in [4.78, 5) is 24.7. The highest BCUT2D eigenvalue weighted by Gasteiger charge is 2.27.